The summed E-state index contributed by atoms with van der Waals surface area (Å²) in [5.41, 5.74) is 1.90. The van der Waals surface area contributed by atoms with E-state index in [1.54, 1.807) is 24.0 Å². The maximum absolute atomic E-state index is 12.3. The molecular formula is C17H17ClN4O2. The molecule has 1 N–H and O–H groups in total. The molecule has 0 radical (unpaired) electrons. The maximum Gasteiger partial charge on any atom is 0.229 e. The third-order valence-corrected chi connectivity index (χ3v) is 4.17. The molecule has 6 nitrogen and oxygen atoms in total. The molecule has 1 fully saturated rings. The Morgan fingerprint density at radius 2 is 2.21 bits per heavy atom. The quantitative estimate of drug-likeness (QED) is 0.863. The average Bonchev–Trinajstić information content (AvgIpc) is 2.87. The van der Waals surface area contributed by atoms with Crippen molar-refractivity contribution in [3.63, 3.8) is 0 Å². The van der Waals surface area contributed by atoms with Crippen LogP contribution in [-0.2, 0) is 4.79 Å². The highest BCUT2D eigenvalue weighted by Crippen LogP contribution is 2.25. The number of Topliss-reactive ketones (excluding diaryl/α,β-unsaturated/α-hetero) is 1. The summed E-state index contributed by atoms with van der Waals surface area (Å²) in [6.07, 6.45) is 1.86. The van der Waals surface area contributed by atoms with Gasteiger partial charge in [0.2, 0.25) is 11.9 Å². The average molecular weight is 345 g/mol. The molecule has 2 aromatic rings. The van der Waals surface area contributed by atoms with Crippen molar-refractivity contribution in [3.05, 3.63) is 46.7 Å². The van der Waals surface area contributed by atoms with E-state index in [1.165, 1.54) is 13.1 Å². The number of nitrogens with one attached hydrogen (secondary N) is 1. The first-order chi connectivity index (χ1) is 11.4. The molecule has 0 saturated carbocycles. The van der Waals surface area contributed by atoms with E-state index in [1.807, 2.05) is 12.1 Å². The Morgan fingerprint density at radius 3 is 2.88 bits per heavy atom. The number of halogens is 1. The van der Waals surface area contributed by atoms with E-state index in [9.17, 15) is 9.59 Å². The fourth-order valence-electron chi connectivity index (χ4n) is 2.76. The zero-order chi connectivity index (χ0) is 17.3. The summed E-state index contributed by atoms with van der Waals surface area (Å²) in [5.74, 6) is 0.373. The SMILES string of the molecule is CC(=O)c1cnc(NC2CC(=O)N(c3cccc(Cl)c3)C2)nc1C. The first kappa shape index (κ1) is 16.4. The second-order valence-corrected chi connectivity index (χ2v) is 6.21. The van der Waals surface area contributed by atoms with Crippen molar-refractivity contribution >= 4 is 34.9 Å². The molecule has 1 amide bonds. The van der Waals surface area contributed by atoms with Gasteiger partial charge < -0.3 is 10.2 Å². The molecule has 24 heavy (non-hydrogen) atoms. The lowest BCUT2D eigenvalue weighted by Gasteiger charge is -2.17. The summed E-state index contributed by atoms with van der Waals surface area (Å²) in [6, 6.07) is 7.12. The Bertz CT molecular complexity index is 809. The van der Waals surface area contributed by atoms with Gasteiger partial charge in [-0.05, 0) is 32.0 Å². The third-order valence-electron chi connectivity index (χ3n) is 3.94. The van der Waals surface area contributed by atoms with Crippen molar-refractivity contribution < 1.29 is 9.59 Å². The minimum Gasteiger partial charge on any atom is -0.349 e. The van der Waals surface area contributed by atoms with Crippen LogP contribution in [0.4, 0.5) is 11.6 Å². The van der Waals surface area contributed by atoms with Crippen molar-refractivity contribution in [2.45, 2.75) is 26.3 Å². The first-order valence-corrected chi connectivity index (χ1v) is 7.99. The fraction of sp³-hybridized carbons (Fsp3) is 0.294. The maximum atomic E-state index is 12.3. The molecule has 124 valence electrons. The monoisotopic (exact) mass is 344 g/mol. The van der Waals surface area contributed by atoms with Crippen molar-refractivity contribution in [1.29, 1.82) is 0 Å². The van der Waals surface area contributed by atoms with Crippen LogP contribution in [0.1, 0.15) is 29.4 Å². The van der Waals surface area contributed by atoms with Crippen LogP contribution in [0.2, 0.25) is 5.02 Å². The van der Waals surface area contributed by atoms with Crippen LogP contribution < -0.4 is 10.2 Å². The van der Waals surface area contributed by atoms with Gasteiger partial charge in [0.15, 0.2) is 5.78 Å². The molecule has 0 spiro atoms. The minimum atomic E-state index is -0.0981. The van der Waals surface area contributed by atoms with E-state index in [0.717, 1.165) is 5.69 Å². The lowest BCUT2D eigenvalue weighted by Crippen LogP contribution is -2.28. The number of rotatable bonds is 4. The number of carbonyl (C=O) groups excluding carboxylic acids is 2. The normalized spacial score (nSPS) is 17.2. The number of amides is 1. The van der Waals surface area contributed by atoms with E-state index < -0.39 is 0 Å². The molecule has 1 aliphatic rings. The predicted molar refractivity (Wildman–Crippen MR) is 92.6 cm³/mol. The molecule has 1 atom stereocenters. The number of aromatic nitrogens is 2. The number of aryl methyl sites for hydroxylation is 1. The van der Waals surface area contributed by atoms with E-state index >= 15 is 0 Å². The highest BCUT2D eigenvalue weighted by Gasteiger charge is 2.31. The minimum absolute atomic E-state index is 0.0202. The Labute approximate surface area is 144 Å². The molecule has 1 aromatic heterocycles. The molecule has 2 heterocycles. The molecule has 0 aliphatic carbocycles. The standard InChI is InChI=1S/C17H17ClN4O2/c1-10-15(11(2)23)8-19-17(20-10)21-13-7-16(24)22(9-13)14-5-3-4-12(18)6-14/h3-6,8,13H,7,9H2,1-2H3,(H,19,20,21). The number of hydrogen-bond acceptors (Lipinski definition) is 5. The van der Waals surface area contributed by atoms with Gasteiger partial charge in [-0.2, -0.15) is 0 Å². The largest absolute Gasteiger partial charge is 0.349 e. The van der Waals surface area contributed by atoms with Gasteiger partial charge in [0.05, 0.1) is 17.3 Å². The summed E-state index contributed by atoms with van der Waals surface area (Å²) in [6.45, 7) is 3.76. The van der Waals surface area contributed by atoms with Crippen LogP contribution >= 0.6 is 11.6 Å². The predicted octanol–water partition coefficient (Wildman–Crippen LogP) is 2.86. The smallest absolute Gasteiger partial charge is 0.229 e. The Hall–Kier alpha value is -2.47. The molecule has 1 aliphatic heterocycles. The first-order valence-electron chi connectivity index (χ1n) is 7.61. The molecule has 1 aromatic carbocycles. The second kappa shape index (κ2) is 6.57. The zero-order valence-corrected chi connectivity index (χ0v) is 14.2. The van der Waals surface area contributed by atoms with Gasteiger partial charge >= 0.3 is 0 Å². The van der Waals surface area contributed by atoms with Gasteiger partial charge in [-0.25, -0.2) is 9.97 Å². The number of anilines is 2. The van der Waals surface area contributed by atoms with Crippen LogP contribution in [0.15, 0.2) is 30.5 Å². The Balaban J connectivity index is 1.72. The topological polar surface area (TPSA) is 75.2 Å². The van der Waals surface area contributed by atoms with Gasteiger partial charge in [-0.3, -0.25) is 9.59 Å². The van der Waals surface area contributed by atoms with Crippen LogP contribution in [0, 0.1) is 6.92 Å². The van der Waals surface area contributed by atoms with Crippen molar-refractivity contribution in [2.24, 2.45) is 0 Å². The summed E-state index contributed by atoms with van der Waals surface area (Å²) in [7, 11) is 0. The lowest BCUT2D eigenvalue weighted by atomic mass is 10.2. The Kier molecular flexibility index (Phi) is 4.49. The van der Waals surface area contributed by atoms with E-state index in [2.05, 4.69) is 15.3 Å². The molecule has 1 saturated heterocycles. The summed E-state index contributed by atoms with van der Waals surface area (Å²) < 4.78 is 0. The highest BCUT2D eigenvalue weighted by molar-refractivity contribution is 6.30. The third kappa shape index (κ3) is 3.38. The van der Waals surface area contributed by atoms with Crippen LogP contribution in [-0.4, -0.2) is 34.2 Å². The van der Waals surface area contributed by atoms with Crippen molar-refractivity contribution in [1.82, 2.24) is 9.97 Å². The van der Waals surface area contributed by atoms with Gasteiger partial charge in [-0.15, -0.1) is 0 Å². The van der Waals surface area contributed by atoms with Crippen molar-refractivity contribution in [3.8, 4) is 0 Å². The zero-order valence-electron chi connectivity index (χ0n) is 13.4. The Morgan fingerprint density at radius 1 is 1.42 bits per heavy atom. The van der Waals surface area contributed by atoms with E-state index in [4.69, 9.17) is 11.6 Å². The molecule has 7 heteroatoms. The van der Waals surface area contributed by atoms with Crippen LogP contribution in [0.5, 0.6) is 0 Å². The summed E-state index contributed by atoms with van der Waals surface area (Å²) >= 11 is 5.99. The fourth-order valence-corrected chi connectivity index (χ4v) is 2.95. The van der Waals surface area contributed by atoms with Gasteiger partial charge in [0.1, 0.15) is 0 Å². The van der Waals surface area contributed by atoms with Gasteiger partial charge in [-0.1, -0.05) is 17.7 Å². The second-order valence-electron chi connectivity index (χ2n) is 5.78. The number of ketones is 1. The number of nitrogens with zero attached hydrogens (tertiary/aromatic N) is 3. The van der Waals surface area contributed by atoms with Crippen molar-refractivity contribution in [2.75, 3.05) is 16.8 Å². The number of hydrogen-bond donors (Lipinski definition) is 1. The van der Waals surface area contributed by atoms with Gasteiger partial charge in [0.25, 0.3) is 0 Å². The van der Waals surface area contributed by atoms with E-state index in [0.29, 0.717) is 35.2 Å². The molecule has 3 rings (SSSR count). The van der Waals surface area contributed by atoms with Gasteiger partial charge in [0, 0.05) is 29.9 Å². The number of benzene rings is 1. The van der Waals surface area contributed by atoms with Crippen LogP contribution in [0.3, 0.4) is 0 Å². The van der Waals surface area contributed by atoms with Crippen LogP contribution in [0.25, 0.3) is 0 Å². The molecule has 1 unspecified atom stereocenters. The molecular weight excluding hydrogens is 328 g/mol. The lowest BCUT2D eigenvalue weighted by molar-refractivity contribution is -0.117. The number of carbonyl (C=O) groups is 2. The summed E-state index contributed by atoms with van der Waals surface area (Å²) in [5, 5.41) is 3.76. The summed E-state index contributed by atoms with van der Waals surface area (Å²) in [4.78, 5) is 33.8. The highest BCUT2D eigenvalue weighted by atomic mass is 35.5. The van der Waals surface area contributed by atoms with E-state index in [-0.39, 0.29) is 17.7 Å². The molecule has 0 bridgehead atoms.